The number of hydrogen-bond acceptors (Lipinski definition) is 6. The summed E-state index contributed by atoms with van der Waals surface area (Å²) in [6.45, 7) is 6.44. The van der Waals surface area contributed by atoms with Gasteiger partial charge >= 0.3 is 17.9 Å². The largest absolute Gasteiger partial charge is 0.462 e. The molecule has 0 saturated heterocycles. The highest BCUT2D eigenvalue weighted by molar-refractivity contribution is 5.71. The molecule has 6 heteroatoms. The third kappa shape index (κ3) is 44.2. The highest BCUT2D eigenvalue weighted by atomic mass is 16.6. The second-order valence-corrected chi connectivity index (χ2v) is 16.1. The van der Waals surface area contributed by atoms with Crippen molar-refractivity contribution in [1.82, 2.24) is 0 Å². The van der Waals surface area contributed by atoms with Crippen LogP contribution in [0.3, 0.4) is 0 Å². The van der Waals surface area contributed by atoms with E-state index in [-0.39, 0.29) is 37.5 Å². The van der Waals surface area contributed by atoms with E-state index in [1.54, 1.807) is 0 Å². The van der Waals surface area contributed by atoms with Crippen molar-refractivity contribution in [3.8, 4) is 0 Å². The van der Waals surface area contributed by atoms with Gasteiger partial charge in [-0.3, -0.25) is 14.4 Å². The number of carbonyl (C=O) groups excluding carboxylic acids is 3. The van der Waals surface area contributed by atoms with E-state index in [9.17, 15) is 14.4 Å². The van der Waals surface area contributed by atoms with E-state index in [1.807, 2.05) is 36.5 Å². The first-order chi connectivity index (χ1) is 28.5. The molecular formula is C52H90O6. The topological polar surface area (TPSA) is 78.9 Å². The fourth-order valence-electron chi connectivity index (χ4n) is 6.68. The van der Waals surface area contributed by atoms with Crippen LogP contribution in [0.5, 0.6) is 0 Å². The van der Waals surface area contributed by atoms with Gasteiger partial charge in [-0.25, -0.2) is 0 Å². The highest BCUT2D eigenvalue weighted by Gasteiger charge is 2.19. The molecule has 0 fully saturated rings. The average Bonchev–Trinajstić information content (AvgIpc) is 3.22. The van der Waals surface area contributed by atoms with Crippen LogP contribution in [0.1, 0.15) is 233 Å². The minimum atomic E-state index is -0.794. The van der Waals surface area contributed by atoms with Gasteiger partial charge in [-0.2, -0.15) is 0 Å². The Labute approximate surface area is 358 Å². The van der Waals surface area contributed by atoms with Crippen molar-refractivity contribution in [1.29, 1.82) is 0 Å². The Morgan fingerprint density at radius 1 is 0.362 bits per heavy atom. The van der Waals surface area contributed by atoms with E-state index in [4.69, 9.17) is 14.2 Å². The highest BCUT2D eigenvalue weighted by Crippen LogP contribution is 2.14. The van der Waals surface area contributed by atoms with Crippen molar-refractivity contribution < 1.29 is 28.6 Å². The maximum absolute atomic E-state index is 12.7. The first-order valence-electron chi connectivity index (χ1n) is 24.3. The van der Waals surface area contributed by atoms with E-state index >= 15 is 0 Å². The van der Waals surface area contributed by atoms with Crippen molar-refractivity contribution in [2.75, 3.05) is 13.2 Å². The normalized spacial score (nSPS) is 12.5. The molecule has 1 atom stereocenters. The molecule has 334 valence electrons. The van der Waals surface area contributed by atoms with Gasteiger partial charge in [0.05, 0.1) is 0 Å². The quantitative estimate of drug-likeness (QED) is 0.0201. The Bertz CT molecular complexity index is 1070. The molecule has 1 unspecified atom stereocenters. The van der Waals surface area contributed by atoms with Gasteiger partial charge in [-0.15, -0.1) is 0 Å². The lowest BCUT2D eigenvalue weighted by Crippen LogP contribution is -2.30. The molecular weight excluding hydrogens is 721 g/mol. The molecule has 0 saturated carbocycles. The molecule has 0 rings (SSSR count). The summed E-state index contributed by atoms with van der Waals surface area (Å²) < 4.78 is 16.7. The zero-order valence-corrected chi connectivity index (χ0v) is 38.0. The van der Waals surface area contributed by atoms with Crippen LogP contribution in [0.4, 0.5) is 0 Å². The van der Waals surface area contributed by atoms with Crippen LogP contribution < -0.4 is 0 Å². The first-order valence-corrected chi connectivity index (χ1v) is 24.3. The molecule has 0 aliphatic carbocycles. The monoisotopic (exact) mass is 811 g/mol. The molecule has 0 aliphatic heterocycles. The first kappa shape index (κ1) is 55.1. The second kappa shape index (κ2) is 46.8. The van der Waals surface area contributed by atoms with Crippen molar-refractivity contribution in [2.45, 2.75) is 239 Å². The third-order valence-electron chi connectivity index (χ3n) is 10.4. The Morgan fingerprint density at radius 3 is 1.12 bits per heavy atom. The van der Waals surface area contributed by atoms with Gasteiger partial charge in [-0.1, -0.05) is 210 Å². The summed E-state index contributed by atoms with van der Waals surface area (Å²) in [5.74, 6) is -0.939. The van der Waals surface area contributed by atoms with Crippen LogP contribution in [0, 0.1) is 0 Å². The number of rotatable bonds is 43. The molecule has 0 spiro atoms. The lowest BCUT2D eigenvalue weighted by molar-refractivity contribution is -0.167. The summed E-state index contributed by atoms with van der Waals surface area (Å²) in [6, 6.07) is 0. The molecule has 0 aromatic heterocycles. The van der Waals surface area contributed by atoms with E-state index in [0.29, 0.717) is 12.8 Å². The van der Waals surface area contributed by atoms with Crippen LogP contribution in [0.2, 0.25) is 0 Å². The minimum Gasteiger partial charge on any atom is -0.462 e. The Morgan fingerprint density at radius 2 is 0.690 bits per heavy atom. The molecule has 0 aromatic rings. The lowest BCUT2D eigenvalue weighted by atomic mass is 10.1. The average molecular weight is 811 g/mol. The van der Waals surface area contributed by atoms with Crippen molar-refractivity contribution in [2.24, 2.45) is 0 Å². The van der Waals surface area contributed by atoms with Crippen molar-refractivity contribution in [3.63, 3.8) is 0 Å². The van der Waals surface area contributed by atoms with E-state index in [1.165, 1.54) is 116 Å². The summed E-state index contributed by atoms with van der Waals surface area (Å²) in [7, 11) is 0. The molecule has 0 aliphatic rings. The summed E-state index contributed by atoms with van der Waals surface area (Å²) in [4.78, 5) is 37.8. The van der Waals surface area contributed by atoms with Gasteiger partial charge < -0.3 is 14.2 Å². The Kier molecular flexibility index (Phi) is 44.5. The predicted octanol–water partition coefficient (Wildman–Crippen LogP) is 15.7. The maximum Gasteiger partial charge on any atom is 0.306 e. The summed E-state index contributed by atoms with van der Waals surface area (Å²) in [5.41, 5.74) is 0. The summed E-state index contributed by atoms with van der Waals surface area (Å²) in [6.07, 6.45) is 56.3. The van der Waals surface area contributed by atoms with Crippen LogP contribution in [0.15, 0.2) is 60.8 Å². The molecule has 0 bridgehead atoms. The van der Waals surface area contributed by atoms with E-state index in [0.717, 1.165) is 77.0 Å². The predicted molar refractivity (Wildman–Crippen MR) is 247 cm³/mol. The van der Waals surface area contributed by atoms with Gasteiger partial charge in [0.2, 0.25) is 0 Å². The SMILES string of the molecule is CC\C=C/C=C\C=C/C=C\CCCCCC(=O)OC(COC(=O)CCCCCCC/C=C\CCCCCCCCC)COC(=O)CCCCCCCCCCCCC. The van der Waals surface area contributed by atoms with Gasteiger partial charge in [0.1, 0.15) is 13.2 Å². The lowest BCUT2D eigenvalue weighted by Gasteiger charge is -2.18. The molecule has 58 heavy (non-hydrogen) atoms. The number of hydrogen-bond donors (Lipinski definition) is 0. The molecule has 0 aromatic carbocycles. The smallest absolute Gasteiger partial charge is 0.306 e. The number of carbonyl (C=O) groups is 3. The molecule has 0 heterocycles. The van der Waals surface area contributed by atoms with Crippen molar-refractivity contribution in [3.05, 3.63) is 60.8 Å². The van der Waals surface area contributed by atoms with Gasteiger partial charge in [0, 0.05) is 19.3 Å². The van der Waals surface area contributed by atoms with Gasteiger partial charge in [0.25, 0.3) is 0 Å². The van der Waals surface area contributed by atoms with Gasteiger partial charge in [-0.05, 0) is 64.2 Å². The number of allylic oxidation sites excluding steroid dienone is 10. The van der Waals surface area contributed by atoms with Crippen LogP contribution in [-0.4, -0.2) is 37.2 Å². The third-order valence-corrected chi connectivity index (χ3v) is 10.4. The second-order valence-electron chi connectivity index (χ2n) is 16.1. The van der Waals surface area contributed by atoms with Crippen LogP contribution in [0.25, 0.3) is 0 Å². The van der Waals surface area contributed by atoms with Crippen LogP contribution in [-0.2, 0) is 28.6 Å². The zero-order chi connectivity index (χ0) is 42.3. The minimum absolute atomic E-state index is 0.0915. The molecule has 6 nitrogen and oxygen atoms in total. The molecule has 0 amide bonds. The Hall–Kier alpha value is -2.89. The fraction of sp³-hybridized carbons (Fsp3) is 0.750. The summed E-state index contributed by atoms with van der Waals surface area (Å²) in [5, 5.41) is 0. The number of esters is 3. The number of unbranched alkanes of at least 4 members (excludes halogenated alkanes) is 25. The molecule has 0 radical (unpaired) electrons. The number of ether oxygens (including phenoxy) is 3. The van der Waals surface area contributed by atoms with Gasteiger partial charge in [0.15, 0.2) is 6.10 Å². The van der Waals surface area contributed by atoms with Crippen molar-refractivity contribution >= 4 is 17.9 Å². The molecule has 0 N–H and O–H groups in total. The zero-order valence-electron chi connectivity index (χ0n) is 38.0. The standard InChI is InChI=1S/C52H90O6/c1-4-7-10-13-16-19-22-24-25-26-28-30-33-36-39-42-45-51(54)57-48-49(47-56-50(53)44-41-38-35-32-29-21-18-15-12-9-6-3)58-52(55)46-43-40-37-34-31-27-23-20-17-14-11-8-5-2/h8,11,14,17,20,23,25-27,31,49H,4-7,9-10,12-13,15-16,18-19,21-22,24,28-30,32-48H2,1-3H3/b11-8-,17-14-,23-20-,26-25-,31-27-. The van der Waals surface area contributed by atoms with E-state index < -0.39 is 6.10 Å². The van der Waals surface area contributed by atoms with Crippen LogP contribution >= 0.6 is 0 Å². The maximum atomic E-state index is 12.7. The Balaban J connectivity index is 4.42. The fourth-order valence-corrected chi connectivity index (χ4v) is 6.68. The summed E-state index contributed by atoms with van der Waals surface area (Å²) >= 11 is 0. The van der Waals surface area contributed by atoms with E-state index in [2.05, 4.69) is 45.1 Å².